The first-order valence-corrected chi connectivity index (χ1v) is 21.7. The average molecular weight is 924 g/mol. The van der Waals surface area contributed by atoms with Crippen LogP contribution in [0.15, 0.2) is 72.8 Å². The number of piperazine rings is 1. The third-order valence-electron chi connectivity index (χ3n) is 11.3. The van der Waals surface area contributed by atoms with Crippen LogP contribution < -0.4 is 24.0 Å². The summed E-state index contributed by atoms with van der Waals surface area (Å²) < 4.78 is 87.5. The molecule has 7 rings (SSSR count). The Morgan fingerprint density at radius 1 is 0.846 bits per heavy atom. The predicted molar refractivity (Wildman–Crippen MR) is 241 cm³/mol. The molecule has 4 heterocycles. The average Bonchev–Trinajstić information content (AvgIpc) is 3.64. The Balaban J connectivity index is 1.29. The molecule has 5 aromatic rings. The van der Waals surface area contributed by atoms with Gasteiger partial charge in [0.05, 0.1) is 42.6 Å². The van der Waals surface area contributed by atoms with Crippen LogP contribution >= 0.6 is 11.6 Å². The molecule has 0 N–H and O–H groups in total. The minimum atomic E-state index is -4.81. The molecule has 0 unspecified atom stereocenters. The number of carbonyl (C=O) groups is 1. The first-order chi connectivity index (χ1) is 31.0. The van der Waals surface area contributed by atoms with E-state index in [0.29, 0.717) is 75.1 Å². The lowest BCUT2D eigenvalue weighted by Gasteiger charge is -2.36. The van der Waals surface area contributed by atoms with Crippen LogP contribution in [0.3, 0.4) is 0 Å². The molecule has 0 saturated carbocycles. The molecule has 3 aromatic carbocycles. The summed E-state index contributed by atoms with van der Waals surface area (Å²) in [6.07, 6.45) is -6.05. The second-order valence-electron chi connectivity index (χ2n) is 17.0. The number of ether oxygens (including phenoxy) is 5. The fraction of sp³-hybridized carbons (Fsp3) is 0.447. The van der Waals surface area contributed by atoms with E-state index in [4.69, 9.17) is 50.2 Å². The van der Waals surface area contributed by atoms with Crippen molar-refractivity contribution < 1.29 is 46.0 Å². The van der Waals surface area contributed by atoms with Crippen molar-refractivity contribution in [2.45, 2.75) is 64.3 Å². The first kappa shape index (κ1) is 47.3. The van der Waals surface area contributed by atoms with Crippen LogP contribution in [0.5, 0.6) is 17.5 Å². The third-order valence-corrected chi connectivity index (χ3v) is 11.6. The highest BCUT2D eigenvalue weighted by molar-refractivity contribution is 6.34. The number of fused-ring (bicyclic) bond motifs is 1. The summed E-state index contributed by atoms with van der Waals surface area (Å²) in [6, 6.07) is 19.9. The maximum absolute atomic E-state index is 15.0. The van der Waals surface area contributed by atoms with Crippen LogP contribution in [0, 0.1) is 0 Å². The van der Waals surface area contributed by atoms with Crippen molar-refractivity contribution in [2.24, 2.45) is 0 Å². The van der Waals surface area contributed by atoms with Crippen LogP contribution in [0.4, 0.5) is 34.0 Å². The van der Waals surface area contributed by atoms with Gasteiger partial charge in [-0.25, -0.2) is 14.2 Å². The van der Waals surface area contributed by atoms with Crippen LogP contribution in [0.1, 0.15) is 43.9 Å². The van der Waals surface area contributed by atoms with E-state index in [2.05, 4.69) is 0 Å². The van der Waals surface area contributed by atoms with Crippen molar-refractivity contribution in [1.82, 2.24) is 24.8 Å². The molecule has 0 spiro atoms. The van der Waals surface area contributed by atoms with Crippen LogP contribution in [0.2, 0.25) is 5.02 Å². The number of hydrogen-bond donors (Lipinski definition) is 0. The zero-order chi connectivity index (χ0) is 46.5. The maximum atomic E-state index is 15.0. The van der Waals surface area contributed by atoms with Gasteiger partial charge < -0.3 is 38.4 Å². The van der Waals surface area contributed by atoms with Gasteiger partial charge in [0, 0.05) is 76.5 Å². The van der Waals surface area contributed by atoms with Crippen LogP contribution in [0.25, 0.3) is 22.2 Å². The van der Waals surface area contributed by atoms with Crippen LogP contribution in [-0.2, 0) is 28.7 Å². The largest absolute Gasteiger partial charge is 0.497 e. The molecule has 0 aliphatic carbocycles. The molecule has 2 aliphatic heterocycles. The quantitative estimate of drug-likeness (QED) is 0.0934. The number of likely N-dealkylation sites (tertiary alicyclic amines) is 1. The van der Waals surface area contributed by atoms with Crippen molar-refractivity contribution in [1.29, 1.82) is 0 Å². The van der Waals surface area contributed by atoms with E-state index in [9.17, 15) is 9.18 Å². The molecule has 0 radical (unpaired) electrons. The molecular weight excluding hydrogens is 870 g/mol. The molecule has 0 bridgehead atoms. The number of methoxy groups -OCH3 is 3. The minimum Gasteiger partial charge on any atom is -0.497 e. The van der Waals surface area contributed by atoms with E-state index in [-0.39, 0.29) is 53.5 Å². The number of amides is 1. The number of hydrogen-bond acceptors (Lipinski definition) is 12. The van der Waals surface area contributed by atoms with Crippen molar-refractivity contribution in [3.8, 4) is 28.8 Å². The highest BCUT2D eigenvalue weighted by atomic mass is 35.5. The molecular formula is C47H54ClF4N7O6. The predicted octanol–water partition coefficient (Wildman–Crippen LogP) is 9.08. The van der Waals surface area contributed by atoms with Crippen LogP contribution in [-0.4, -0.2) is 122 Å². The number of aromatic nitrogens is 3. The van der Waals surface area contributed by atoms with E-state index < -0.39 is 35.3 Å². The van der Waals surface area contributed by atoms with Crippen molar-refractivity contribution in [3.05, 3.63) is 94.5 Å². The molecule has 2 atom stereocenters. The van der Waals surface area contributed by atoms with Gasteiger partial charge >= 0.3 is 18.3 Å². The molecule has 13 nitrogen and oxygen atoms in total. The maximum Gasteiger partial charge on any atom is 0.418 e. The van der Waals surface area contributed by atoms with E-state index >= 15 is 13.2 Å². The summed E-state index contributed by atoms with van der Waals surface area (Å²) in [7, 11) is 4.73. The fourth-order valence-corrected chi connectivity index (χ4v) is 8.21. The Morgan fingerprint density at radius 2 is 1.48 bits per heavy atom. The second-order valence-corrected chi connectivity index (χ2v) is 17.4. The fourth-order valence-electron chi connectivity index (χ4n) is 7.96. The number of carbonyl (C=O) groups excluding carboxylic acids is 1. The van der Waals surface area contributed by atoms with Gasteiger partial charge in [-0.1, -0.05) is 35.9 Å². The lowest BCUT2D eigenvalue weighted by molar-refractivity contribution is -0.137. The van der Waals surface area contributed by atoms with Gasteiger partial charge in [-0.2, -0.15) is 23.1 Å². The molecule has 348 valence electrons. The molecule has 2 fully saturated rings. The number of benzene rings is 3. The van der Waals surface area contributed by atoms with Gasteiger partial charge in [-0.3, -0.25) is 4.90 Å². The van der Waals surface area contributed by atoms with Crippen molar-refractivity contribution in [3.63, 3.8) is 0 Å². The zero-order valence-corrected chi connectivity index (χ0v) is 38.1. The summed E-state index contributed by atoms with van der Waals surface area (Å²) in [4.78, 5) is 34.6. The highest BCUT2D eigenvalue weighted by Crippen LogP contribution is 2.42. The lowest BCUT2D eigenvalue weighted by Crippen LogP contribution is -2.50. The molecule has 2 saturated heterocycles. The summed E-state index contributed by atoms with van der Waals surface area (Å²) in [5, 5.41) is 0.442. The van der Waals surface area contributed by atoms with E-state index in [1.165, 1.54) is 12.1 Å². The van der Waals surface area contributed by atoms with Gasteiger partial charge in [-0.15, -0.1) is 0 Å². The minimum absolute atomic E-state index is 0.00524. The number of nitrogens with zero attached hydrogens (tertiary/aromatic N) is 7. The summed E-state index contributed by atoms with van der Waals surface area (Å²) in [6.45, 7) is 8.52. The van der Waals surface area contributed by atoms with Gasteiger partial charge in [0.15, 0.2) is 0 Å². The molecule has 2 aliphatic rings. The number of anilines is 2. The Labute approximate surface area is 381 Å². The SMILES string of the molecule is COCCN1C[C@H](F)C[C@H]1COc1nc(N2CCN(C(=O)OC(C)(C)C)CC2)c2cc(Cl)c(-c3nc(N(Cc4ccc(OC)cc4)Cc4ccc(OC)cc4)ccc3C(F)(F)F)cc2n1. The Hall–Kier alpha value is -5.65. The Morgan fingerprint density at radius 3 is 2.05 bits per heavy atom. The van der Waals surface area contributed by atoms with Gasteiger partial charge in [0.2, 0.25) is 0 Å². The molecule has 65 heavy (non-hydrogen) atoms. The Bertz CT molecular complexity index is 2370. The van der Waals surface area contributed by atoms with E-state index in [0.717, 1.165) is 17.2 Å². The monoisotopic (exact) mass is 923 g/mol. The van der Waals surface area contributed by atoms with E-state index in [1.54, 1.807) is 53.1 Å². The first-order valence-electron chi connectivity index (χ1n) is 21.3. The third kappa shape index (κ3) is 11.8. The Kier molecular flexibility index (Phi) is 14.7. The number of pyridine rings is 1. The standard InChI is InChI=1S/C47H54ClF4N7O6/c1-46(2,3)65-45(60)57-19-17-56(18-20-57)43-37-24-39(48)36(25-40(37)53-44(55-43)64-29-33-23-32(49)28-58(33)21-22-61-4)42-38(47(50,51)52)15-16-41(54-42)59(26-30-7-11-34(62-5)12-8-30)27-31-9-13-35(63-6)14-10-31/h7-16,24-25,32-33H,17-23,26-29H2,1-6H3/t32-,33+/m1/s1. The zero-order valence-electron chi connectivity index (χ0n) is 37.3. The normalized spacial score (nSPS) is 17.1. The van der Waals surface area contributed by atoms with Gasteiger partial charge in [-0.05, 0) is 86.8 Å². The van der Waals surface area contributed by atoms with Crippen molar-refractivity contribution in [2.75, 3.05) is 83.6 Å². The number of alkyl halides is 4. The molecule has 1 amide bonds. The topological polar surface area (TPSA) is 115 Å². The van der Waals surface area contributed by atoms with Gasteiger partial charge in [0.1, 0.15) is 41.5 Å². The highest BCUT2D eigenvalue weighted by Gasteiger charge is 2.37. The molecule has 18 heteroatoms. The summed E-state index contributed by atoms with van der Waals surface area (Å²) >= 11 is 7.03. The number of halogens is 5. The number of rotatable bonds is 15. The van der Waals surface area contributed by atoms with Crippen molar-refractivity contribution >= 4 is 40.2 Å². The smallest absolute Gasteiger partial charge is 0.418 e. The second kappa shape index (κ2) is 20.3. The summed E-state index contributed by atoms with van der Waals surface area (Å²) in [5.41, 5.74) is -0.0671. The molecule has 2 aromatic heterocycles. The lowest BCUT2D eigenvalue weighted by atomic mass is 10.0. The summed E-state index contributed by atoms with van der Waals surface area (Å²) in [5.74, 6) is 2.01. The van der Waals surface area contributed by atoms with E-state index in [1.807, 2.05) is 63.2 Å². The van der Waals surface area contributed by atoms with Gasteiger partial charge in [0.25, 0.3) is 0 Å².